The topological polar surface area (TPSA) is 79.2 Å². The number of benzene rings is 1. The fourth-order valence-electron chi connectivity index (χ4n) is 3.32. The Morgan fingerprint density at radius 2 is 1.83 bits per heavy atom. The Balaban J connectivity index is 1.77. The number of nitrogens with zero attached hydrogens (tertiary/aromatic N) is 1. The number of carbonyl (C=O) groups excluding carboxylic acids is 2. The predicted octanol–water partition coefficient (Wildman–Crippen LogP) is 2.59. The van der Waals surface area contributed by atoms with Crippen molar-refractivity contribution in [2.45, 2.75) is 38.3 Å². The third-order valence-electron chi connectivity index (χ3n) is 4.67. The van der Waals surface area contributed by atoms with Gasteiger partial charge in [0, 0.05) is 47.7 Å². The van der Waals surface area contributed by atoms with Crippen molar-refractivity contribution in [3.63, 3.8) is 0 Å². The lowest BCUT2D eigenvalue weighted by atomic mass is 9.95. The molecule has 1 aromatic heterocycles. The second-order valence-electron chi connectivity index (χ2n) is 6.43. The van der Waals surface area contributed by atoms with Crippen molar-refractivity contribution in [3.05, 3.63) is 59.4 Å². The molecule has 0 radical (unpaired) electrons. The molecule has 1 amide bonds. The van der Waals surface area contributed by atoms with Crippen LogP contribution in [-0.2, 0) is 0 Å². The molecule has 0 spiro atoms. The van der Waals surface area contributed by atoms with E-state index < -0.39 is 0 Å². The van der Waals surface area contributed by atoms with Crippen LogP contribution < -0.4 is 5.73 Å². The van der Waals surface area contributed by atoms with E-state index in [9.17, 15) is 9.59 Å². The monoisotopic (exact) mass is 325 g/mol. The molecule has 2 atom stereocenters. The summed E-state index contributed by atoms with van der Waals surface area (Å²) in [6.45, 7) is 2.70. The van der Waals surface area contributed by atoms with E-state index in [0.717, 1.165) is 25.8 Å². The molecule has 2 heterocycles. The van der Waals surface area contributed by atoms with Gasteiger partial charge < -0.3 is 15.6 Å². The molecule has 126 valence electrons. The van der Waals surface area contributed by atoms with Gasteiger partial charge in [-0.3, -0.25) is 9.59 Å². The average molecular weight is 325 g/mol. The van der Waals surface area contributed by atoms with E-state index in [1.807, 2.05) is 11.8 Å². The van der Waals surface area contributed by atoms with Crippen LogP contribution in [0.1, 0.15) is 52.5 Å². The van der Waals surface area contributed by atoms with E-state index in [4.69, 9.17) is 5.73 Å². The molecule has 3 N–H and O–H groups in total. The summed E-state index contributed by atoms with van der Waals surface area (Å²) in [5.74, 6) is -0.0562. The molecule has 2 aromatic rings. The van der Waals surface area contributed by atoms with Crippen LogP contribution in [0.15, 0.2) is 42.7 Å². The summed E-state index contributed by atoms with van der Waals surface area (Å²) in [6, 6.07) is 8.68. The van der Waals surface area contributed by atoms with Crippen molar-refractivity contribution in [2.24, 2.45) is 5.73 Å². The summed E-state index contributed by atoms with van der Waals surface area (Å²) < 4.78 is 0. The molecule has 1 aromatic carbocycles. The van der Waals surface area contributed by atoms with Gasteiger partial charge in [-0.15, -0.1) is 0 Å². The highest BCUT2D eigenvalue weighted by atomic mass is 16.2. The van der Waals surface area contributed by atoms with E-state index in [1.54, 1.807) is 42.7 Å². The number of nitrogens with two attached hydrogens (primary N) is 1. The smallest absolute Gasteiger partial charge is 0.254 e. The molecular weight excluding hydrogens is 302 g/mol. The van der Waals surface area contributed by atoms with Crippen LogP contribution in [0.3, 0.4) is 0 Å². The Bertz CT molecular complexity index is 705. The minimum atomic E-state index is -0.0540. The van der Waals surface area contributed by atoms with Crippen molar-refractivity contribution in [1.82, 2.24) is 9.88 Å². The molecular formula is C19H23N3O2. The maximum Gasteiger partial charge on any atom is 0.254 e. The number of carbonyl (C=O) groups is 2. The van der Waals surface area contributed by atoms with Crippen LogP contribution in [0, 0.1) is 0 Å². The van der Waals surface area contributed by atoms with Crippen LogP contribution in [0.2, 0.25) is 0 Å². The highest BCUT2D eigenvalue weighted by Crippen LogP contribution is 2.22. The van der Waals surface area contributed by atoms with Gasteiger partial charge in [-0.05, 0) is 44.4 Å². The molecule has 5 nitrogen and oxygen atoms in total. The molecule has 1 fully saturated rings. The second kappa shape index (κ2) is 7.01. The van der Waals surface area contributed by atoms with Gasteiger partial charge in [0.1, 0.15) is 0 Å². The molecule has 0 aliphatic carbocycles. The molecule has 5 heteroatoms. The lowest BCUT2D eigenvalue weighted by Gasteiger charge is -2.38. The van der Waals surface area contributed by atoms with Gasteiger partial charge in [0.05, 0.1) is 0 Å². The number of hydrogen-bond donors (Lipinski definition) is 2. The van der Waals surface area contributed by atoms with Crippen molar-refractivity contribution in [3.8, 4) is 0 Å². The maximum absolute atomic E-state index is 12.8. The summed E-state index contributed by atoms with van der Waals surface area (Å²) in [6.07, 6.45) is 6.46. The summed E-state index contributed by atoms with van der Waals surface area (Å²) in [5, 5.41) is 0. The van der Waals surface area contributed by atoms with E-state index in [1.165, 1.54) is 0 Å². The number of H-pyrrole nitrogens is 1. The van der Waals surface area contributed by atoms with Crippen LogP contribution in [0.25, 0.3) is 0 Å². The lowest BCUT2D eigenvalue weighted by Crippen LogP contribution is -2.51. The molecule has 1 aliphatic rings. The van der Waals surface area contributed by atoms with Gasteiger partial charge >= 0.3 is 0 Å². The standard InChI is InChI=1S/C19H23N3O2/c1-13(20)17-4-2-3-11-22(17)19(24)15-7-5-14(6-8-15)18(23)16-9-10-21-12-16/h5-10,12-13,17,21H,2-4,11,20H2,1H3. The molecule has 1 saturated heterocycles. The Morgan fingerprint density at radius 1 is 1.12 bits per heavy atom. The number of nitrogens with one attached hydrogen (secondary N) is 1. The summed E-state index contributed by atoms with van der Waals surface area (Å²) >= 11 is 0. The molecule has 0 bridgehead atoms. The fraction of sp³-hybridized carbons (Fsp3) is 0.368. The average Bonchev–Trinajstić information content (AvgIpc) is 3.15. The Labute approximate surface area is 141 Å². The fourth-order valence-corrected chi connectivity index (χ4v) is 3.32. The van der Waals surface area contributed by atoms with Crippen LogP contribution >= 0.6 is 0 Å². The molecule has 3 rings (SSSR count). The van der Waals surface area contributed by atoms with Gasteiger partial charge in [-0.25, -0.2) is 0 Å². The first-order chi connectivity index (χ1) is 11.6. The normalized spacial score (nSPS) is 19.1. The van der Waals surface area contributed by atoms with E-state index in [0.29, 0.717) is 16.7 Å². The van der Waals surface area contributed by atoms with Gasteiger partial charge in [0.25, 0.3) is 5.91 Å². The minimum Gasteiger partial charge on any atom is -0.367 e. The molecule has 0 saturated carbocycles. The van der Waals surface area contributed by atoms with Crippen LogP contribution in [0.5, 0.6) is 0 Å². The van der Waals surface area contributed by atoms with Crippen LogP contribution in [-0.4, -0.2) is 40.2 Å². The quantitative estimate of drug-likeness (QED) is 0.848. The largest absolute Gasteiger partial charge is 0.367 e. The number of piperidine rings is 1. The number of amides is 1. The van der Waals surface area contributed by atoms with E-state index >= 15 is 0 Å². The minimum absolute atomic E-state index is 0.00218. The van der Waals surface area contributed by atoms with Crippen molar-refractivity contribution < 1.29 is 9.59 Å². The summed E-state index contributed by atoms with van der Waals surface area (Å²) in [5.41, 5.74) is 7.85. The number of rotatable bonds is 4. The Kier molecular flexibility index (Phi) is 4.81. The number of hydrogen-bond acceptors (Lipinski definition) is 3. The van der Waals surface area contributed by atoms with Crippen molar-refractivity contribution in [1.29, 1.82) is 0 Å². The molecule has 1 aliphatic heterocycles. The number of likely N-dealkylation sites (tertiary alicyclic amines) is 1. The SMILES string of the molecule is CC(N)C1CCCCN1C(=O)c1ccc(C(=O)c2cc[nH]c2)cc1. The first kappa shape index (κ1) is 16.5. The first-order valence-electron chi connectivity index (χ1n) is 8.42. The van der Waals surface area contributed by atoms with Crippen LogP contribution in [0.4, 0.5) is 0 Å². The predicted molar refractivity (Wildman–Crippen MR) is 93.0 cm³/mol. The zero-order chi connectivity index (χ0) is 17.1. The Hall–Kier alpha value is -2.40. The van der Waals surface area contributed by atoms with E-state index in [2.05, 4.69) is 4.98 Å². The summed E-state index contributed by atoms with van der Waals surface area (Å²) in [7, 11) is 0. The zero-order valence-corrected chi connectivity index (χ0v) is 13.9. The zero-order valence-electron chi connectivity index (χ0n) is 13.9. The van der Waals surface area contributed by atoms with Crippen molar-refractivity contribution >= 4 is 11.7 Å². The molecule has 24 heavy (non-hydrogen) atoms. The second-order valence-corrected chi connectivity index (χ2v) is 6.43. The van der Waals surface area contributed by atoms with Gasteiger partial charge in [-0.1, -0.05) is 12.1 Å². The highest BCUT2D eigenvalue weighted by Gasteiger charge is 2.29. The Morgan fingerprint density at radius 3 is 2.46 bits per heavy atom. The number of aromatic amines is 1. The van der Waals surface area contributed by atoms with Gasteiger partial charge in [0.2, 0.25) is 0 Å². The lowest BCUT2D eigenvalue weighted by molar-refractivity contribution is 0.0583. The third kappa shape index (κ3) is 3.26. The van der Waals surface area contributed by atoms with Gasteiger partial charge in [0.15, 0.2) is 5.78 Å². The highest BCUT2D eigenvalue weighted by molar-refractivity contribution is 6.09. The van der Waals surface area contributed by atoms with Crippen molar-refractivity contribution in [2.75, 3.05) is 6.54 Å². The van der Waals surface area contributed by atoms with Gasteiger partial charge in [-0.2, -0.15) is 0 Å². The molecule has 2 unspecified atom stereocenters. The number of ketones is 1. The maximum atomic E-state index is 12.8. The van der Waals surface area contributed by atoms with E-state index in [-0.39, 0.29) is 23.8 Å². The first-order valence-corrected chi connectivity index (χ1v) is 8.42. The number of aromatic nitrogens is 1. The third-order valence-corrected chi connectivity index (χ3v) is 4.67. The summed E-state index contributed by atoms with van der Waals surface area (Å²) in [4.78, 5) is 29.9.